The van der Waals surface area contributed by atoms with Gasteiger partial charge >= 0.3 is 5.97 Å². The molecule has 0 saturated carbocycles. The molecule has 1 unspecified atom stereocenters. The fourth-order valence-corrected chi connectivity index (χ4v) is 2.50. The summed E-state index contributed by atoms with van der Waals surface area (Å²) in [5.41, 5.74) is 1.09. The summed E-state index contributed by atoms with van der Waals surface area (Å²) < 4.78 is 11.2. The molecule has 0 amide bonds. The van der Waals surface area contributed by atoms with Crippen LogP contribution in [0, 0.1) is 5.41 Å². The van der Waals surface area contributed by atoms with Gasteiger partial charge in [-0.1, -0.05) is 35.0 Å². The molecule has 0 radical (unpaired) electrons. The van der Waals surface area contributed by atoms with Crippen molar-refractivity contribution in [3.05, 3.63) is 34.3 Å². The topological polar surface area (TPSA) is 35.5 Å². The fraction of sp³-hybridized carbons (Fsp3) is 0.500. The second-order valence-corrected chi connectivity index (χ2v) is 6.05. The van der Waals surface area contributed by atoms with Gasteiger partial charge in [-0.2, -0.15) is 0 Å². The molecule has 4 heteroatoms. The first-order valence-electron chi connectivity index (χ1n) is 5.95. The Hall–Kier alpha value is -0.870. The van der Waals surface area contributed by atoms with Gasteiger partial charge in [0.25, 0.3) is 0 Å². The lowest BCUT2D eigenvalue weighted by Gasteiger charge is -2.40. The SMILES string of the molecule is COC(=O)C(CC1(C)COC1)c1ccc(Br)cc1. The third kappa shape index (κ3) is 2.93. The van der Waals surface area contributed by atoms with E-state index in [0.717, 1.165) is 29.7 Å². The van der Waals surface area contributed by atoms with Gasteiger partial charge in [0.2, 0.25) is 0 Å². The Morgan fingerprint density at radius 2 is 2.06 bits per heavy atom. The van der Waals surface area contributed by atoms with E-state index in [1.54, 1.807) is 0 Å². The molecule has 1 fully saturated rings. The summed E-state index contributed by atoms with van der Waals surface area (Å²) in [6.07, 6.45) is 0.765. The van der Waals surface area contributed by atoms with Crippen LogP contribution in [0.4, 0.5) is 0 Å². The van der Waals surface area contributed by atoms with Gasteiger partial charge in [0, 0.05) is 9.89 Å². The number of hydrogen-bond donors (Lipinski definition) is 0. The van der Waals surface area contributed by atoms with Crippen LogP contribution in [-0.4, -0.2) is 26.3 Å². The zero-order valence-electron chi connectivity index (χ0n) is 10.6. The minimum atomic E-state index is -0.211. The van der Waals surface area contributed by atoms with Gasteiger partial charge < -0.3 is 9.47 Å². The molecule has 18 heavy (non-hydrogen) atoms. The van der Waals surface area contributed by atoms with E-state index >= 15 is 0 Å². The predicted molar refractivity (Wildman–Crippen MR) is 72.4 cm³/mol. The molecule has 1 aromatic rings. The molecule has 0 spiro atoms. The Labute approximate surface area is 116 Å². The number of carbonyl (C=O) groups is 1. The predicted octanol–water partition coefficient (Wildman–Crippen LogP) is 3.13. The number of halogens is 1. The van der Waals surface area contributed by atoms with Gasteiger partial charge in [0.05, 0.1) is 26.2 Å². The highest BCUT2D eigenvalue weighted by molar-refractivity contribution is 9.10. The van der Waals surface area contributed by atoms with Crippen molar-refractivity contribution in [2.24, 2.45) is 5.41 Å². The van der Waals surface area contributed by atoms with Crippen LogP contribution in [0.15, 0.2) is 28.7 Å². The number of carbonyl (C=O) groups excluding carboxylic acids is 1. The van der Waals surface area contributed by atoms with Crippen LogP contribution in [0.3, 0.4) is 0 Å². The number of esters is 1. The summed E-state index contributed by atoms with van der Waals surface area (Å²) in [7, 11) is 1.44. The van der Waals surface area contributed by atoms with E-state index in [2.05, 4.69) is 22.9 Å². The Bertz CT molecular complexity index is 423. The Morgan fingerprint density at radius 3 is 2.50 bits per heavy atom. The van der Waals surface area contributed by atoms with Gasteiger partial charge in [-0.15, -0.1) is 0 Å². The van der Waals surface area contributed by atoms with Gasteiger partial charge in [0.1, 0.15) is 0 Å². The summed E-state index contributed by atoms with van der Waals surface area (Å²) in [5.74, 6) is -0.387. The Morgan fingerprint density at radius 1 is 1.44 bits per heavy atom. The minimum Gasteiger partial charge on any atom is -0.469 e. The first-order chi connectivity index (χ1) is 8.54. The van der Waals surface area contributed by atoms with Crippen molar-refractivity contribution in [2.45, 2.75) is 19.3 Å². The number of methoxy groups -OCH3 is 1. The molecule has 1 aliphatic rings. The lowest BCUT2D eigenvalue weighted by molar-refractivity contribution is -0.148. The van der Waals surface area contributed by atoms with E-state index < -0.39 is 0 Å². The molecular weight excluding hydrogens is 296 g/mol. The van der Waals surface area contributed by atoms with Gasteiger partial charge in [-0.25, -0.2) is 0 Å². The quantitative estimate of drug-likeness (QED) is 0.801. The van der Waals surface area contributed by atoms with Crippen molar-refractivity contribution >= 4 is 21.9 Å². The van der Waals surface area contributed by atoms with Crippen LogP contribution < -0.4 is 0 Å². The van der Waals surface area contributed by atoms with Crippen molar-refractivity contribution in [2.75, 3.05) is 20.3 Å². The summed E-state index contributed by atoms with van der Waals surface area (Å²) >= 11 is 3.40. The van der Waals surface area contributed by atoms with Gasteiger partial charge in [-0.05, 0) is 24.1 Å². The maximum absolute atomic E-state index is 11.9. The normalized spacial score (nSPS) is 18.8. The largest absolute Gasteiger partial charge is 0.469 e. The van der Waals surface area contributed by atoms with Gasteiger partial charge in [0.15, 0.2) is 0 Å². The van der Waals surface area contributed by atoms with Crippen molar-refractivity contribution in [3.63, 3.8) is 0 Å². The van der Waals surface area contributed by atoms with Crippen LogP contribution >= 0.6 is 15.9 Å². The molecule has 1 aromatic carbocycles. The molecule has 1 saturated heterocycles. The van der Waals surface area contributed by atoms with Crippen molar-refractivity contribution < 1.29 is 14.3 Å². The highest BCUT2D eigenvalue weighted by atomic mass is 79.9. The first-order valence-corrected chi connectivity index (χ1v) is 6.74. The molecule has 0 aromatic heterocycles. The van der Waals surface area contributed by atoms with Crippen LogP contribution in [0.5, 0.6) is 0 Å². The van der Waals surface area contributed by atoms with Crippen molar-refractivity contribution in [1.82, 2.24) is 0 Å². The first kappa shape index (κ1) is 13.6. The number of ether oxygens (including phenoxy) is 2. The third-order valence-corrected chi connectivity index (χ3v) is 3.88. The molecule has 98 valence electrons. The Balaban J connectivity index is 2.19. The van der Waals surface area contributed by atoms with Gasteiger partial charge in [-0.3, -0.25) is 4.79 Å². The van der Waals surface area contributed by atoms with Crippen molar-refractivity contribution in [3.8, 4) is 0 Å². The van der Waals surface area contributed by atoms with E-state index in [4.69, 9.17) is 9.47 Å². The van der Waals surface area contributed by atoms with E-state index in [-0.39, 0.29) is 17.3 Å². The maximum atomic E-state index is 11.9. The molecule has 0 bridgehead atoms. The fourth-order valence-electron chi connectivity index (χ4n) is 2.24. The third-order valence-electron chi connectivity index (χ3n) is 3.36. The summed E-state index contributed by atoms with van der Waals surface area (Å²) in [4.78, 5) is 11.9. The van der Waals surface area contributed by atoms with Crippen molar-refractivity contribution in [1.29, 1.82) is 0 Å². The summed E-state index contributed by atoms with van der Waals surface area (Å²) in [6, 6.07) is 7.83. The molecule has 1 heterocycles. The average Bonchev–Trinajstić information content (AvgIpc) is 2.34. The minimum absolute atomic E-state index is 0.0892. The molecule has 1 aliphatic heterocycles. The molecule has 1 atom stereocenters. The van der Waals surface area contributed by atoms with E-state index in [1.807, 2.05) is 24.3 Å². The van der Waals surface area contributed by atoms with Crippen LogP contribution in [0.25, 0.3) is 0 Å². The Kier molecular flexibility index (Phi) is 4.07. The number of benzene rings is 1. The standard InChI is InChI=1S/C14H17BrO3/c1-14(8-18-9-14)7-12(13(16)17-2)10-3-5-11(15)6-4-10/h3-6,12H,7-9H2,1-2H3. The monoisotopic (exact) mass is 312 g/mol. The number of rotatable bonds is 4. The zero-order valence-corrected chi connectivity index (χ0v) is 12.2. The zero-order chi connectivity index (χ0) is 13.2. The highest BCUT2D eigenvalue weighted by Crippen LogP contribution is 2.38. The molecule has 3 nitrogen and oxygen atoms in total. The van der Waals surface area contributed by atoms with Crippen LogP contribution in [0.2, 0.25) is 0 Å². The highest BCUT2D eigenvalue weighted by Gasteiger charge is 2.38. The summed E-state index contributed by atoms with van der Waals surface area (Å²) in [5, 5.41) is 0. The van der Waals surface area contributed by atoms with E-state index in [1.165, 1.54) is 7.11 Å². The number of hydrogen-bond acceptors (Lipinski definition) is 3. The molecule has 0 N–H and O–H groups in total. The molecular formula is C14H17BrO3. The average molecular weight is 313 g/mol. The van der Waals surface area contributed by atoms with E-state index in [0.29, 0.717) is 0 Å². The molecule has 2 rings (SSSR count). The second-order valence-electron chi connectivity index (χ2n) is 5.13. The maximum Gasteiger partial charge on any atom is 0.313 e. The van der Waals surface area contributed by atoms with E-state index in [9.17, 15) is 4.79 Å². The second kappa shape index (κ2) is 5.41. The van der Waals surface area contributed by atoms with Crippen LogP contribution in [-0.2, 0) is 14.3 Å². The lowest BCUT2D eigenvalue weighted by Crippen LogP contribution is -2.42. The lowest BCUT2D eigenvalue weighted by atomic mass is 9.77. The smallest absolute Gasteiger partial charge is 0.313 e. The summed E-state index contributed by atoms with van der Waals surface area (Å²) in [6.45, 7) is 3.58. The molecule has 0 aliphatic carbocycles. The van der Waals surface area contributed by atoms with Crippen LogP contribution in [0.1, 0.15) is 24.8 Å².